The molecule has 0 spiro atoms. The van der Waals surface area contributed by atoms with Gasteiger partial charge in [-0.3, -0.25) is 10.3 Å². The highest BCUT2D eigenvalue weighted by atomic mass is 32.1. The smallest absolute Gasteiger partial charge is 0.278 e. The Kier molecular flexibility index (Phi) is 6.22. The zero-order chi connectivity index (χ0) is 31.6. The molecule has 48 heavy (non-hydrogen) atoms. The minimum Gasteiger partial charge on any atom is -0.308 e. The standard InChI is InChI=1S/C43H30N4S/c1-3-14-27(15-4-1)41-44-42(28-16-5-2-6-17-28)46-43(45-41)29-18-13-19-30(26-29)47-35-24-11-9-22-33(35)37-31-20-7-8-21-32(31)38-34-23-10-12-25-36(34)48-40(38)39(37)47/h1-26,41-42,44H,(H,45,46)/p+1. The molecule has 2 atom stereocenters. The molecule has 4 nitrogen and oxygen atoms in total. The van der Waals surface area contributed by atoms with Gasteiger partial charge in [-0.25, -0.2) is 5.32 Å². The number of aromatic nitrogens is 1. The minimum absolute atomic E-state index is 0.0610. The van der Waals surface area contributed by atoms with E-state index in [2.05, 4.69) is 178 Å². The number of fused-ring (bicyclic) bond motifs is 10. The van der Waals surface area contributed by atoms with Crippen molar-refractivity contribution < 1.29 is 4.99 Å². The maximum Gasteiger partial charge on any atom is 0.278 e. The Hall–Kier alpha value is -5.75. The molecule has 10 rings (SSSR count). The number of nitrogens with one attached hydrogen (secondary N) is 3. The van der Waals surface area contributed by atoms with Crippen molar-refractivity contribution in [3.8, 4) is 5.69 Å². The molecule has 1 aliphatic heterocycles. The van der Waals surface area contributed by atoms with Gasteiger partial charge >= 0.3 is 0 Å². The van der Waals surface area contributed by atoms with Crippen LogP contribution in [0.15, 0.2) is 158 Å². The first kappa shape index (κ1) is 27.4. The number of rotatable bonds is 4. The molecule has 0 aliphatic carbocycles. The van der Waals surface area contributed by atoms with Crippen molar-refractivity contribution in [2.45, 2.75) is 12.3 Å². The van der Waals surface area contributed by atoms with Gasteiger partial charge in [-0.1, -0.05) is 127 Å². The van der Waals surface area contributed by atoms with Crippen LogP contribution in [-0.2, 0) is 0 Å². The van der Waals surface area contributed by atoms with Crippen LogP contribution in [0.3, 0.4) is 0 Å². The summed E-state index contributed by atoms with van der Waals surface area (Å²) in [6.45, 7) is 0. The molecule has 0 saturated heterocycles. The third-order valence-corrected chi connectivity index (χ3v) is 10.9. The van der Waals surface area contributed by atoms with E-state index in [0.29, 0.717) is 0 Å². The number of thiophene rings is 1. The Bertz CT molecular complexity index is 2690. The predicted octanol–water partition coefficient (Wildman–Crippen LogP) is 8.72. The zero-order valence-electron chi connectivity index (χ0n) is 26.0. The number of para-hydroxylation sites is 1. The van der Waals surface area contributed by atoms with Crippen LogP contribution in [0.4, 0.5) is 0 Å². The lowest BCUT2D eigenvalue weighted by atomic mass is 9.99. The van der Waals surface area contributed by atoms with Crippen LogP contribution in [0.2, 0.25) is 0 Å². The van der Waals surface area contributed by atoms with Crippen molar-refractivity contribution in [3.63, 3.8) is 0 Å². The molecular formula is C43H31N4S+. The summed E-state index contributed by atoms with van der Waals surface area (Å²) >= 11 is 1.90. The molecular weight excluding hydrogens is 605 g/mol. The Morgan fingerprint density at radius 3 is 2.00 bits per heavy atom. The summed E-state index contributed by atoms with van der Waals surface area (Å²) in [6, 6.07) is 56.8. The molecule has 1 aliphatic rings. The molecule has 5 heteroatoms. The first-order chi connectivity index (χ1) is 23.8. The van der Waals surface area contributed by atoms with Gasteiger partial charge in [0.15, 0.2) is 12.3 Å². The van der Waals surface area contributed by atoms with Gasteiger partial charge in [-0.2, -0.15) is 0 Å². The fourth-order valence-electron chi connectivity index (χ4n) is 7.59. The number of hydrogen-bond acceptors (Lipinski definition) is 3. The number of amidine groups is 1. The first-order valence-corrected chi connectivity index (χ1v) is 17.3. The van der Waals surface area contributed by atoms with E-state index in [1.54, 1.807) is 0 Å². The predicted molar refractivity (Wildman–Crippen MR) is 201 cm³/mol. The van der Waals surface area contributed by atoms with Crippen molar-refractivity contribution in [3.05, 3.63) is 174 Å². The summed E-state index contributed by atoms with van der Waals surface area (Å²) in [5, 5.41) is 15.4. The van der Waals surface area contributed by atoms with Crippen LogP contribution >= 0.6 is 11.3 Å². The van der Waals surface area contributed by atoms with Crippen LogP contribution in [0.1, 0.15) is 29.0 Å². The van der Waals surface area contributed by atoms with Crippen LogP contribution in [0, 0.1) is 0 Å². The average Bonchev–Trinajstić information content (AvgIpc) is 3.73. The normalized spacial score (nSPS) is 16.5. The second kappa shape index (κ2) is 10.9. The van der Waals surface area contributed by atoms with E-state index >= 15 is 0 Å². The molecule has 0 bridgehead atoms. The van der Waals surface area contributed by atoms with Gasteiger partial charge in [0, 0.05) is 43.1 Å². The SMILES string of the molecule is c1ccc(C2NC(c3cccc(-n4c5ccccc5c5c6ccccc6c6c7ccccc7sc6c54)c3)=[NH+]C(c3ccccc3)N2)cc1. The highest BCUT2D eigenvalue weighted by molar-refractivity contribution is 7.27. The molecule has 228 valence electrons. The second-order valence-electron chi connectivity index (χ2n) is 12.5. The van der Waals surface area contributed by atoms with E-state index in [1.165, 1.54) is 63.9 Å². The van der Waals surface area contributed by atoms with Crippen molar-refractivity contribution in [2.75, 3.05) is 0 Å². The van der Waals surface area contributed by atoms with Crippen molar-refractivity contribution in [1.29, 1.82) is 0 Å². The van der Waals surface area contributed by atoms with Gasteiger partial charge < -0.3 is 4.57 Å². The zero-order valence-corrected chi connectivity index (χ0v) is 26.8. The molecule has 2 unspecified atom stereocenters. The summed E-state index contributed by atoms with van der Waals surface area (Å²) < 4.78 is 5.13. The van der Waals surface area contributed by atoms with Gasteiger partial charge in [-0.05, 0) is 41.1 Å². The second-order valence-corrected chi connectivity index (χ2v) is 13.5. The van der Waals surface area contributed by atoms with Crippen LogP contribution in [-0.4, -0.2) is 10.4 Å². The Balaban J connectivity index is 1.23. The van der Waals surface area contributed by atoms with E-state index in [9.17, 15) is 0 Å². The largest absolute Gasteiger partial charge is 0.308 e. The molecule has 0 amide bonds. The third-order valence-electron chi connectivity index (χ3n) is 9.72. The third kappa shape index (κ3) is 4.22. The molecule has 7 aromatic carbocycles. The van der Waals surface area contributed by atoms with E-state index in [1.807, 2.05) is 11.3 Å². The summed E-state index contributed by atoms with van der Waals surface area (Å²) in [6.07, 6.45) is -0.122. The Morgan fingerprint density at radius 2 is 1.21 bits per heavy atom. The highest BCUT2D eigenvalue weighted by Gasteiger charge is 2.31. The van der Waals surface area contributed by atoms with Gasteiger partial charge in [-0.15, -0.1) is 11.3 Å². The van der Waals surface area contributed by atoms with E-state index in [-0.39, 0.29) is 12.3 Å². The van der Waals surface area contributed by atoms with Gasteiger partial charge in [0.25, 0.3) is 5.84 Å². The summed E-state index contributed by atoms with van der Waals surface area (Å²) in [4.78, 5) is 3.79. The average molecular weight is 636 g/mol. The van der Waals surface area contributed by atoms with Gasteiger partial charge in [0.1, 0.15) is 0 Å². The fraction of sp³-hybridized carbons (Fsp3) is 0.0465. The Labute approximate surface area is 281 Å². The Morgan fingerprint density at radius 1 is 0.562 bits per heavy atom. The number of nitrogens with zero attached hydrogens (tertiary/aromatic N) is 1. The number of hydrogen-bond donors (Lipinski definition) is 3. The fourth-order valence-corrected chi connectivity index (χ4v) is 8.85. The lowest BCUT2D eigenvalue weighted by Gasteiger charge is -2.27. The molecule has 3 heterocycles. The molecule has 9 aromatic rings. The van der Waals surface area contributed by atoms with E-state index in [4.69, 9.17) is 0 Å². The van der Waals surface area contributed by atoms with E-state index in [0.717, 1.165) is 17.1 Å². The number of benzene rings is 7. The van der Waals surface area contributed by atoms with E-state index < -0.39 is 0 Å². The molecule has 0 fully saturated rings. The van der Waals surface area contributed by atoms with Gasteiger partial charge in [0.2, 0.25) is 0 Å². The lowest BCUT2D eigenvalue weighted by Crippen LogP contribution is -2.85. The first-order valence-electron chi connectivity index (χ1n) is 16.4. The van der Waals surface area contributed by atoms with Gasteiger partial charge in [0.05, 0.1) is 21.3 Å². The highest BCUT2D eigenvalue weighted by Crippen LogP contribution is 2.47. The van der Waals surface area contributed by atoms with Crippen LogP contribution in [0.25, 0.3) is 58.4 Å². The molecule has 2 aromatic heterocycles. The molecule has 0 saturated carbocycles. The lowest BCUT2D eigenvalue weighted by molar-refractivity contribution is -0.527. The monoisotopic (exact) mass is 635 g/mol. The topological polar surface area (TPSA) is 43.0 Å². The summed E-state index contributed by atoms with van der Waals surface area (Å²) in [5.41, 5.74) is 7.10. The minimum atomic E-state index is -0.0610. The maximum atomic E-state index is 3.79. The quantitative estimate of drug-likeness (QED) is 0.181. The summed E-state index contributed by atoms with van der Waals surface area (Å²) in [7, 11) is 0. The maximum absolute atomic E-state index is 3.79. The van der Waals surface area contributed by atoms with Crippen molar-refractivity contribution in [2.24, 2.45) is 0 Å². The van der Waals surface area contributed by atoms with Crippen molar-refractivity contribution >= 4 is 69.9 Å². The van der Waals surface area contributed by atoms with Crippen molar-refractivity contribution in [1.82, 2.24) is 15.2 Å². The molecule has 0 radical (unpaired) electrons. The molecule has 3 N–H and O–H groups in total. The summed E-state index contributed by atoms with van der Waals surface area (Å²) in [5.74, 6) is 0.997. The van der Waals surface area contributed by atoms with Crippen LogP contribution in [0.5, 0.6) is 0 Å². The van der Waals surface area contributed by atoms with Crippen LogP contribution < -0.4 is 15.6 Å².